The van der Waals surface area contributed by atoms with Gasteiger partial charge in [-0.1, -0.05) is 19.3 Å². The van der Waals surface area contributed by atoms with Crippen molar-refractivity contribution in [1.82, 2.24) is 15.1 Å². The number of rotatable bonds is 5. The first-order chi connectivity index (χ1) is 13.4. The second-order valence-corrected chi connectivity index (χ2v) is 8.27. The molecule has 0 unspecified atom stereocenters. The molecule has 1 atom stereocenters. The second-order valence-electron chi connectivity index (χ2n) is 8.27. The average molecular weight is 393 g/mol. The van der Waals surface area contributed by atoms with Crippen LogP contribution in [0.4, 0.5) is 4.79 Å². The monoisotopic (exact) mass is 393 g/mol. The minimum atomic E-state index is -0.908. The van der Waals surface area contributed by atoms with Gasteiger partial charge >= 0.3 is 12.0 Å². The van der Waals surface area contributed by atoms with Crippen LogP contribution in [0.15, 0.2) is 0 Å². The maximum atomic E-state index is 13.0. The normalized spacial score (nSPS) is 27.1. The summed E-state index contributed by atoms with van der Waals surface area (Å²) >= 11 is 0. The van der Waals surface area contributed by atoms with Gasteiger partial charge in [-0.2, -0.15) is 0 Å². The maximum Gasteiger partial charge on any atom is 0.325 e. The lowest BCUT2D eigenvalue weighted by atomic mass is 9.75. The molecule has 28 heavy (non-hydrogen) atoms. The fourth-order valence-electron chi connectivity index (χ4n) is 4.68. The number of nitrogens with zero attached hydrogens (tertiary/aromatic N) is 2. The Morgan fingerprint density at radius 1 is 1.11 bits per heavy atom. The number of piperidine rings is 1. The van der Waals surface area contributed by atoms with Crippen molar-refractivity contribution in [3.63, 3.8) is 0 Å². The van der Waals surface area contributed by atoms with Crippen molar-refractivity contribution in [3.05, 3.63) is 0 Å². The van der Waals surface area contributed by atoms with E-state index >= 15 is 0 Å². The molecule has 2 saturated heterocycles. The molecule has 0 aromatic heterocycles. The SMILES string of the molecule is CCOC(=O)C1CCN(C(=O)CN2C(=O)N[C@](C)(C3CCCCC3)C2=O)CC1. The van der Waals surface area contributed by atoms with Crippen LogP contribution in [0.1, 0.15) is 58.8 Å². The van der Waals surface area contributed by atoms with E-state index in [4.69, 9.17) is 4.74 Å². The summed E-state index contributed by atoms with van der Waals surface area (Å²) in [6.07, 6.45) is 6.24. The molecule has 8 heteroatoms. The molecule has 3 aliphatic rings. The molecule has 0 bridgehead atoms. The zero-order valence-electron chi connectivity index (χ0n) is 16.9. The number of imide groups is 1. The quantitative estimate of drug-likeness (QED) is 0.566. The Hall–Kier alpha value is -2.12. The number of amides is 4. The van der Waals surface area contributed by atoms with Crippen LogP contribution in [0.3, 0.4) is 0 Å². The Bertz CT molecular complexity index is 638. The molecule has 1 N–H and O–H groups in total. The van der Waals surface area contributed by atoms with Gasteiger partial charge in [-0.25, -0.2) is 4.79 Å². The Morgan fingerprint density at radius 3 is 2.36 bits per heavy atom. The van der Waals surface area contributed by atoms with Crippen molar-refractivity contribution < 1.29 is 23.9 Å². The van der Waals surface area contributed by atoms with Crippen LogP contribution in [0, 0.1) is 11.8 Å². The van der Waals surface area contributed by atoms with Gasteiger partial charge in [-0.3, -0.25) is 19.3 Å². The third-order valence-corrected chi connectivity index (χ3v) is 6.48. The molecular formula is C20H31N3O5. The van der Waals surface area contributed by atoms with Crippen molar-refractivity contribution in [1.29, 1.82) is 0 Å². The summed E-state index contributed by atoms with van der Waals surface area (Å²) in [5.74, 6) is -0.821. The smallest absolute Gasteiger partial charge is 0.325 e. The molecule has 2 heterocycles. The van der Waals surface area contributed by atoms with E-state index in [2.05, 4.69) is 5.32 Å². The molecule has 2 aliphatic heterocycles. The Labute approximate surface area is 165 Å². The highest BCUT2D eigenvalue weighted by Gasteiger charge is 2.52. The molecule has 8 nitrogen and oxygen atoms in total. The number of hydrogen-bond donors (Lipinski definition) is 1. The third-order valence-electron chi connectivity index (χ3n) is 6.48. The Balaban J connectivity index is 1.56. The van der Waals surface area contributed by atoms with Crippen LogP contribution in [0.2, 0.25) is 0 Å². The molecule has 0 aromatic carbocycles. The number of ether oxygens (including phenoxy) is 1. The zero-order chi connectivity index (χ0) is 20.3. The van der Waals surface area contributed by atoms with E-state index in [1.165, 1.54) is 6.42 Å². The van der Waals surface area contributed by atoms with Crippen LogP contribution in [0.5, 0.6) is 0 Å². The van der Waals surface area contributed by atoms with Gasteiger partial charge in [-0.15, -0.1) is 0 Å². The van der Waals surface area contributed by atoms with Gasteiger partial charge < -0.3 is 15.0 Å². The highest BCUT2D eigenvalue weighted by molar-refractivity contribution is 6.09. The largest absolute Gasteiger partial charge is 0.466 e. The van der Waals surface area contributed by atoms with E-state index in [-0.39, 0.29) is 36.2 Å². The van der Waals surface area contributed by atoms with Crippen LogP contribution in [0.25, 0.3) is 0 Å². The first-order valence-corrected chi connectivity index (χ1v) is 10.4. The molecule has 4 amide bonds. The van der Waals surface area contributed by atoms with E-state index in [1.807, 2.05) is 0 Å². The molecule has 3 fully saturated rings. The second kappa shape index (κ2) is 8.49. The van der Waals surface area contributed by atoms with Crippen LogP contribution in [-0.2, 0) is 19.1 Å². The van der Waals surface area contributed by atoms with E-state index in [0.29, 0.717) is 32.5 Å². The number of urea groups is 1. The number of carbonyl (C=O) groups excluding carboxylic acids is 4. The summed E-state index contributed by atoms with van der Waals surface area (Å²) in [7, 11) is 0. The van der Waals surface area contributed by atoms with Gasteiger partial charge in [0.1, 0.15) is 12.1 Å². The Morgan fingerprint density at radius 2 is 1.75 bits per heavy atom. The highest BCUT2D eigenvalue weighted by Crippen LogP contribution is 2.36. The Kier molecular flexibility index (Phi) is 6.25. The predicted molar refractivity (Wildman–Crippen MR) is 101 cm³/mol. The van der Waals surface area contributed by atoms with Crippen molar-refractivity contribution >= 4 is 23.8 Å². The van der Waals surface area contributed by atoms with E-state index in [1.54, 1.807) is 18.7 Å². The minimum Gasteiger partial charge on any atom is -0.466 e. The molecule has 0 aromatic rings. The number of nitrogens with one attached hydrogen (secondary N) is 1. The lowest BCUT2D eigenvalue weighted by Crippen LogP contribution is -2.52. The molecule has 1 aliphatic carbocycles. The summed E-state index contributed by atoms with van der Waals surface area (Å²) in [5.41, 5.74) is -0.908. The maximum absolute atomic E-state index is 13.0. The first kappa shape index (κ1) is 20.6. The lowest BCUT2D eigenvalue weighted by Gasteiger charge is -2.34. The van der Waals surface area contributed by atoms with Gasteiger partial charge in [0.2, 0.25) is 5.91 Å². The lowest BCUT2D eigenvalue weighted by molar-refractivity contribution is -0.151. The van der Waals surface area contributed by atoms with Gasteiger partial charge in [0, 0.05) is 13.1 Å². The van der Waals surface area contributed by atoms with Gasteiger partial charge in [0.25, 0.3) is 5.91 Å². The third kappa shape index (κ3) is 4.00. The van der Waals surface area contributed by atoms with Gasteiger partial charge in [0.15, 0.2) is 0 Å². The van der Waals surface area contributed by atoms with E-state index < -0.39 is 11.6 Å². The number of hydrogen-bond acceptors (Lipinski definition) is 5. The number of esters is 1. The van der Waals surface area contributed by atoms with Gasteiger partial charge in [-0.05, 0) is 45.4 Å². The van der Waals surface area contributed by atoms with Crippen LogP contribution < -0.4 is 5.32 Å². The van der Waals surface area contributed by atoms with Crippen molar-refractivity contribution in [2.24, 2.45) is 11.8 Å². The summed E-state index contributed by atoms with van der Waals surface area (Å²) in [6, 6.07) is -0.479. The van der Waals surface area contributed by atoms with Crippen molar-refractivity contribution in [3.8, 4) is 0 Å². The molecule has 156 valence electrons. The standard InChI is InChI=1S/C20H31N3O5/c1-3-28-17(25)14-9-11-22(12-10-14)16(24)13-23-18(26)20(2,21-19(23)27)15-7-5-4-6-8-15/h14-15H,3-13H2,1-2H3,(H,21,27)/t20-/m1/s1. The average Bonchev–Trinajstić information content (AvgIpc) is 2.93. The number of likely N-dealkylation sites (tertiary alicyclic amines) is 1. The molecule has 3 rings (SSSR count). The van der Waals surface area contributed by atoms with E-state index in [0.717, 1.165) is 30.6 Å². The molecular weight excluding hydrogens is 362 g/mol. The molecule has 1 saturated carbocycles. The first-order valence-electron chi connectivity index (χ1n) is 10.4. The van der Waals surface area contributed by atoms with Crippen molar-refractivity contribution in [2.45, 2.75) is 64.3 Å². The molecule has 0 radical (unpaired) electrons. The molecule has 0 spiro atoms. The topological polar surface area (TPSA) is 96.0 Å². The van der Waals surface area contributed by atoms with Gasteiger partial charge in [0.05, 0.1) is 12.5 Å². The minimum absolute atomic E-state index is 0.123. The summed E-state index contributed by atoms with van der Waals surface area (Å²) in [6.45, 7) is 4.55. The van der Waals surface area contributed by atoms with Crippen molar-refractivity contribution in [2.75, 3.05) is 26.2 Å². The predicted octanol–water partition coefficient (Wildman–Crippen LogP) is 1.68. The summed E-state index contributed by atoms with van der Waals surface area (Å²) in [5, 5.41) is 2.85. The highest BCUT2D eigenvalue weighted by atomic mass is 16.5. The fraction of sp³-hybridized carbons (Fsp3) is 0.800. The summed E-state index contributed by atoms with van der Waals surface area (Å²) < 4.78 is 5.05. The summed E-state index contributed by atoms with van der Waals surface area (Å²) in [4.78, 5) is 52.6. The van der Waals surface area contributed by atoms with Crippen LogP contribution >= 0.6 is 0 Å². The van der Waals surface area contributed by atoms with Crippen LogP contribution in [-0.4, -0.2) is 65.4 Å². The van der Waals surface area contributed by atoms with E-state index in [9.17, 15) is 19.2 Å². The zero-order valence-corrected chi connectivity index (χ0v) is 16.9. The number of carbonyl (C=O) groups is 4. The fourth-order valence-corrected chi connectivity index (χ4v) is 4.68.